The average Bonchev–Trinajstić information content (AvgIpc) is 3.27. The summed E-state index contributed by atoms with van der Waals surface area (Å²) in [5, 5.41) is 14.6. The molecule has 0 spiro atoms. The lowest BCUT2D eigenvalue weighted by Gasteiger charge is -2.11. The normalized spacial score (nSPS) is 18.4. The lowest BCUT2D eigenvalue weighted by molar-refractivity contribution is -0.127. The van der Waals surface area contributed by atoms with Crippen molar-refractivity contribution in [1.29, 1.82) is 0 Å². The SMILES string of the molecule is O=C(CCc1c(-c2ccc(F)cc2)[nH]c2c(F)cc(F)cc12)N[C@H]1C[C@H](CO)NC1=O. The second-order valence-corrected chi connectivity index (χ2v) is 7.54. The Balaban J connectivity index is 1.60. The van der Waals surface area contributed by atoms with Crippen molar-refractivity contribution in [2.24, 2.45) is 0 Å². The zero-order valence-electron chi connectivity index (χ0n) is 16.3. The molecule has 1 aliphatic rings. The summed E-state index contributed by atoms with van der Waals surface area (Å²) in [6.07, 6.45) is 0.386. The summed E-state index contributed by atoms with van der Waals surface area (Å²) in [7, 11) is 0. The molecule has 162 valence electrons. The van der Waals surface area contributed by atoms with Gasteiger partial charge in [-0.1, -0.05) is 0 Å². The van der Waals surface area contributed by atoms with Crippen LogP contribution in [0.4, 0.5) is 13.2 Å². The van der Waals surface area contributed by atoms with Crippen LogP contribution < -0.4 is 10.6 Å². The first-order chi connectivity index (χ1) is 14.9. The van der Waals surface area contributed by atoms with Crippen molar-refractivity contribution >= 4 is 22.7 Å². The van der Waals surface area contributed by atoms with Crippen LogP contribution in [0.3, 0.4) is 0 Å². The molecular formula is C22H20F3N3O3. The number of hydrogen-bond donors (Lipinski definition) is 4. The quantitative estimate of drug-likeness (QED) is 0.483. The molecule has 2 aromatic carbocycles. The van der Waals surface area contributed by atoms with E-state index in [1.165, 1.54) is 30.3 Å². The number of H-pyrrole nitrogens is 1. The molecule has 6 nitrogen and oxygen atoms in total. The van der Waals surface area contributed by atoms with Crippen LogP contribution in [0, 0.1) is 17.5 Å². The van der Waals surface area contributed by atoms with Gasteiger partial charge in [-0.2, -0.15) is 0 Å². The van der Waals surface area contributed by atoms with Gasteiger partial charge in [0.1, 0.15) is 23.5 Å². The largest absolute Gasteiger partial charge is 0.394 e. The number of aromatic nitrogens is 1. The first-order valence-electron chi connectivity index (χ1n) is 9.82. The molecule has 31 heavy (non-hydrogen) atoms. The van der Waals surface area contributed by atoms with Gasteiger partial charge in [0.25, 0.3) is 0 Å². The number of aliphatic hydroxyl groups is 1. The summed E-state index contributed by atoms with van der Waals surface area (Å²) in [5.41, 5.74) is 1.64. The zero-order chi connectivity index (χ0) is 22.1. The smallest absolute Gasteiger partial charge is 0.242 e. The Hall–Kier alpha value is -3.33. The number of hydrogen-bond acceptors (Lipinski definition) is 3. The summed E-state index contributed by atoms with van der Waals surface area (Å²) < 4.78 is 41.5. The van der Waals surface area contributed by atoms with Crippen LogP contribution in [-0.4, -0.2) is 40.6 Å². The molecule has 4 rings (SSSR count). The summed E-state index contributed by atoms with van der Waals surface area (Å²) in [5.74, 6) is -2.73. The number of aryl methyl sites for hydroxylation is 1. The number of rotatable bonds is 6. The average molecular weight is 431 g/mol. The van der Waals surface area contributed by atoms with E-state index in [0.29, 0.717) is 22.2 Å². The van der Waals surface area contributed by atoms with E-state index in [-0.39, 0.29) is 37.3 Å². The highest BCUT2D eigenvalue weighted by atomic mass is 19.1. The Morgan fingerprint density at radius 2 is 1.87 bits per heavy atom. The van der Waals surface area contributed by atoms with Gasteiger partial charge in [0.2, 0.25) is 11.8 Å². The molecule has 1 fully saturated rings. The molecule has 2 atom stereocenters. The molecule has 1 aliphatic heterocycles. The van der Waals surface area contributed by atoms with Crippen LogP contribution in [0.1, 0.15) is 18.4 Å². The highest BCUT2D eigenvalue weighted by Crippen LogP contribution is 2.33. The first-order valence-corrected chi connectivity index (χ1v) is 9.82. The van der Waals surface area contributed by atoms with Crippen molar-refractivity contribution < 1.29 is 27.9 Å². The molecule has 0 bridgehead atoms. The predicted octanol–water partition coefficient (Wildman–Crippen LogP) is 2.55. The summed E-state index contributed by atoms with van der Waals surface area (Å²) >= 11 is 0. The molecule has 0 aliphatic carbocycles. The molecule has 1 saturated heterocycles. The Bertz CT molecular complexity index is 1140. The van der Waals surface area contributed by atoms with Crippen molar-refractivity contribution in [1.82, 2.24) is 15.6 Å². The van der Waals surface area contributed by atoms with Crippen molar-refractivity contribution in [3.8, 4) is 11.3 Å². The molecule has 0 saturated carbocycles. The van der Waals surface area contributed by atoms with Crippen molar-refractivity contribution in [3.63, 3.8) is 0 Å². The number of carbonyl (C=O) groups is 2. The number of benzene rings is 2. The lowest BCUT2D eigenvalue weighted by atomic mass is 10.0. The first kappa shape index (κ1) is 20.9. The molecule has 0 unspecified atom stereocenters. The number of amides is 2. The van der Waals surface area contributed by atoms with Crippen LogP contribution in [0.2, 0.25) is 0 Å². The molecule has 1 aromatic heterocycles. The van der Waals surface area contributed by atoms with E-state index >= 15 is 0 Å². The van der Waals surface area contributed by atoms with E-state index < -0.39 is 35.4 Å². The third kappa shape index (κ3) is 4.27. The number of aliphatic hydroxyl groups excluding tert-OH is 1. The van der Waals surface area contributed by atoms with Crippen LogP contribution in [0.25, 0.3) is 22.2 Å². The van der Waals surface area contributed by atoms with Gasteiger partial charge in [-0.05, 0) is 54.3 Å². The third-order valence-electron chi connectivity index (χ3n) is 5.41. The van der Waals surface area contributed by atoms with Gasteiger partial charge in [0, 0.05) is 23.6 Å². The topological polar surface area (TPSA) is 94.2 Å². The zero-order valence-corrected chi connectivity index (χ0v) is 16.3. The highest BCUT2D eigenvalue weighted by molar-refractivity contribution is 5.93. The summed E-state index contributed by atoms with van der Waals surface area (Å²) in [6.45, 7) is -0.217. The Morgan fingerprint density at radius 1 is 1.13 bits per heavy atom. The summed E-state index contributed by atoms with van der Waals surface area (Å²) in [6, 6.07) is 6.34. The third-order valence-corrected chi connectivity index (χ3v) is 5.41. The van der Waals surface area contributed by atoms with E-state index in [4.69, 9.17) is 5.11 Å². The number of aromatic amines is 1. The monoisotopic (exact) mass is 431 g/mol. The van der Waals surface area contributed by atoms with Gasteiger partial charge in [-0.3, -0.25) is 9.59 Å². The van der Waals surface area contributed by atoms with Gasteiger partial charge < -0.3 is 20.7 Å². The Labute approximate surface area is 175 Å². The van der Waals surface area contributed by atoms with E-state index in [2.05, 4.69) is 15.6 Å². The molecule has 2 amide bonds. The van der Waals surface area contributed by atoms with E-state index in [1.54, 1.807) is 0 Å². The minimum absolute atomic E-state index is 0.0349. The van der Waals surface area contributed by atoms with Crippen molar-refractivity contribution in [2.75, 3.05) is 6.61 Å². The van der Waals surface area contributed by atoms with Crippen LogP contribution >= 0.6 is 0 Å². The fraction of sp³-hybridized carbons (Fsp3) is 0.273. The van der Waals surface area contributed by atoms with Gasteiger partial charge >= 0.3 is 0 Å². The molecule has 9 heteroatoms. The second-order valence-electron chi connectivity index (χ2n) is 7.54. The maximum atomic E-state index is 14.3. The van der Waals surface area contributed by atoms with E-state index in [1.807, 2.05) is 0 Å². The van der Waals surface area contributed by atoms with E-state index in [0.717, 1.165) is 6.07 Å². The Morgan fingerprint density at radius 3 is 2.55 bits per heavy atom. The number of fused-ring (bicyclic) bond motifs is 1. The fourth-order valence-corrected chi connectivity index (χ4v) is 3.90. The maximum absolute atomic E-state index is 14.3. The summed E-state index contributed by atoms with van der Waals surface area (Å²) in [4.78, 5) is 27.2. The van der Waals surface area contributed by atoms with Gasteiger partial charge in [-0.15, -0.1) is 0 Å². The minimum Gasteiger partial charge on any atom is -0.394 e. The lowest BCUT2D eigenvalue weighted by Crippen LogP contribution is -2.40. The number of nitrogens with one attached hydrogen (secondary N) is 3. The fourth-order valence-electron chi connectivity index (χ4n) is 3.90. The van der Waals surface area contributed by atoms with Crippen LogP contribution in [0.15, 0.2) is 36.4 Å². The standard InChI is InChI=1S/C22H20F3N3O3/c23-12-3-1-11(2-4-12)20-15(16-7-13(24)8-17(25)21(16)28-20)5-6-19(30)27-18-9-14(10-29)26-22(18)31/h1-4,7-8,14,18,28-29H,5-6,9-10H2,(H,26,31)(H,27,30)/t14-,18+/m1/s1. The Kier molecular flexibility index (Phi) is 5.69. The van der Waals surface area contributed by atoms with Gasteiger partial charge in [0.05, 0.1) is 18.2 Å². The minimum atomic E-state index is -0.772. The molecular weight excluding hydrogens is 411 g/mol. The van der Waals surface area contributed by atoms with Crippen LogP contribution in [-0.2, 0) is 16.0 Å². The predicted molar refractivity (Wildman–Crippen MR) is 107 cm³/mol. The van der Waals surface area contributed by atoms with Crippen molar-refractivity contribution in [3.05, 3.63) is 59.4 Å². The second kappa shape index (κ2) is 8.43. The molecule has 3 aromatic rings. The highest BCUT2D eigenvalue weighted by Gasteiger charge is 2.32. The van der Waals surface area contributed by atoms with Crippen molar-refractivity contribution in [2.45, 2.75) is 31.3 Å². The number of carbonyl (C=O) groups excluding carboxylic acids is 2. The molecule has 0 radical (unpaired) electrons. The van der Waals surface area contributed by atoms with Gasteiger partial charge in [0.15, 0.2) is 0 Å². The van der Waals surface area contributed by atoms with E-state index in [9.17, 15) is 22.8 Å². The molecule has 2 heterocycles. The number of halogens is 3. The molecule has 4 N–H and O–H groups in total. The van der Waals surface area contributed by atoms with Crippen LogP contribution in [0.5, 0.6) is 0 Å². The maximum Gasteiger partial charge on any atom is 0.242 e. The van der Waals surface area contributed by atoms with Gasteiger partial charge in [-0.25, -0.2) is 13.2 Å².